The molecule has 2 aromatic rings. The summed E-state index contributed by atoms with van der Waals surface area (Å²) in [7, 11) is -2.91. The molecule has 1 saturated carbocycles. The van der Waals surface area contributed by atoms with E-state index in [1.807, 2.05) is 0 Å². The molecule has 3 rings (SSSR count). The largest absolute Gasteiger partial charge is 0.395 e. The van der Waals surface area contributed by atoms with Gasteiger partial charge in [0.05, 0.1) is 21.6 Å². The zero-order valence-corrected chi connectivity index (χ0v) is 15.9. The van der Waals surface area contributed by atoms with E-state index in [0.29, 0.717) is 0 Å². The van der Waals surface area contributed by atoms with Crippen LogP contribution in [0.3, 0.4) is 0 Å². The molecule has 1 heterocycles. The Morgan fingerprint density at radius 3 is 2.52 bits per heavy atom. The number of anilines is 1. The number of sulfone groups is 1. The number of rotatable bonds is 5. The van der Waals surface area contributed by atoms with Gasteiger partial charge in [-0.2, -0.15) is 18.4 Å². The number of nitrogens with zero attached hydrogens (tertiary/aromatic N) is 2. The van der Waals surface area contributed by atoms with Crippen LogP contribution in [0.1, 0.15) is 28.9 Å². The van der Waals surface area contributed by atoms with E-state index in [9.17, 15) is 30.8 Å². The van der Waals surface area contributed by atoms with E-state index in [2.05, 4.69) is 5.32 Å². The quantitative estimate of drug-likeness (QED) is 0.738. The molecule has 1 N–H and O–H groups in total. The van der Waals surface area contributed by atoms with E-state index in [4.69, 9.17) is 5.26 Å². The molecular weight excluding hydrogens is 414 g/mol. The van der Waals surface area contributed by atoms with Crippen LogP contribution in [0.2, 0.25) is 0 Å². The van der Waals surface area contributed by atoms with Crippen LogP contribution >= 0.6 is 0 Å². The van der Waals surface area contributed by atoms with Crippen molar-refractivity contribution in [3.05, 3.63) is 47.5 Å². The van der Waals surface area contributed by atoms with E-state index in [1.165, 1.54) is 17.7 Å². The molecule has 154 valence electrons. The Balaban J connectivity index is 1.83. The lowest BCUT2D eigenvalue weighted by Crippen LogP contribution is -2.31. The monoisotopic (exact) mass is 429 g/mol. The summed E-state index contributed by atoms with van der Waals surface area (Å²) in [5.74, 6) is -2.60. The van der Waals surface area contributed by atoms with Crippen molar-refractivity contribution in [2.75, 3.05) is 11.1 Å². The lowest BCUT2D eigenvalue weighted by Gasteiger charge is -2.18. The predicted molar refractivity (Wildman–Crippen MR) is 94.3 cm³/mol. The second-order valence-electron chi connectivity index (χ2n) is 6.97. The number of hydrogen-bond donors (Lipinski definition) is 1. The van der Waals surface area contributed by atoms with Crippen LogP contribution in [0.5, 0.6) is 0 Å². The Kier molecular flexibility index (Phi) is 4.94. The number of amides is 1. The van der Waals surface area contributed by atoms with Crippen LogP contribution in [0, 0.1) is 22.6 Å². The SMILES string of the molecule is Cn1cc(S(=O)(=O)CC2(C(F)(F)F)CC2)cc1C(=O)Nc1ccc(F)c(C#N)c1. The second-order valence-corrected chi connectivity index (χ2v) is 8.96. The normalized spacial score (nSPS) is 15.6. The molecule has 1 amide bonds. The number of hydrogen-bond acceptors (Lipinski definition) is 4. The van der Waals surface area contributed by atoms with E-state index < -0.39 is 43.8 Å². The lowest BCUT2D eigenvalue weighted by atomic mass is 10.1. The Morgan fingerprint density at radius 2 is 1.97 bits per heavy atom. The number of aryl methyl sites for hydroxylation is 1. The number of nitriles is 1. The van der Waals surface area contributed by atoms with Crippen molar-refractivity contribution in [1.82, 2.24) is 4.57 Å². The summed E-state index contributed by atoms with van der Waals surface area (Å²) in [5, 5.41) is 11.2. The highest BCUT2D eigenvalue weighted by molar-refractivity contribution is 7.91. The number of nitrogens with one attached hydrogen (secondary N) is 1. The Hall–Kier alpha value is -2.87. The van der Waals surface area contributed by atoms with Crippen molar-refractivity contribution < 1.29 is 30.8 Å². The van der Waals surface area contributed by atoms with E-state index in [1.54, 1.807) is 6.07 Å². The van der Waals surface area contributed by atoms with Crippen LogP contribution < -0.4 is 5.32 Å². The second kappa shape index (κ2) is 6.88. The zero-order chi connectivity index (χ0) is 21.6. The van der Waals surface area contributed by atoms with Crippen molar-refractivity contribution in [2.24, 2.45) is 12.5 Å². The minimum atomic E-state index is -4.61. The maximum Gasteiger partial charge on any atom is 0.395 e. The molecule has 1 fully saturated rings. The minimum absolute atomic E-state index is 0.104. The summed E-state index contributed by atoms with van der Waals surface area (Å²) < 4.78 is 78.8. The summed E-state index contributed by atoms with van der Waals surface area (Å²) in [6.07, 6.45) is -4.04. The smallest absolute Gasteiger partial charge is 0.345 e. The number of alkyl halides is 3. The minimum Gasteiger partial charge on any atom is -0.345 e. The molecule has 0 aliphatic heterocycles. The first-order chi connectivity index (χ1) is 13.4. The number of halogens is 4. The van der Waals surface area contributed by atoms with E-state index >= 15 is 0 Å². The zero-order valence-electron chi connectivity index (χ0n) is 15.0. The number of benzene rings is 1. The molecule has 1 aromatic carbocycles. The van der Waals surface area contributed by atoms with Crippen molar-refractivity contribution >= 4 is 21.4 Å². The topological polar surface area (TPSA) is 92.0 Å². The summed E-state index contributed by atoms with van der Waals surface area (Å²) >= 11 is 0. The van der Waals surface area contributed by atoms with Crippen LogP contribution in [-0.2, 0) is 16.9 Å². The Bertz CT molecular complexity index is 1130. The number of carbonyl (C=O) groups excluding carboxylic acids is 1. The molecular formula is C18H15F4N3O3S. The predicted octanol–water partition coefficient (Wildman–Crippen LogP) is 3.40. The Morgan fingerprint density at radius 1 is 1.31 bits per heavy atom. The average molecular weight is 429 g/mol. The maximum atomic E-state index is 13.4. The van der Waals surface area contributed by atoms with Gasteiger partial charge in [-0.25, -0.2) is 12.8 Å². The van der Waals surface area contributed by atoms with Gasteiger partial charge in [-0.3, -0.25) is 4.79 Å². The van der Waals surface area contributed by atoms with Gasteiger partial charge in [0, 0.05) is 18.9 Å². The van der Waals surface area contributed by atoms with Crippen molar-refractivity contribution in [2.45, 2.75) is 23.9 Å². The fraction of sp³-hybridized carbons (Fsp3) is 0.333. The molecule has 0 unspecified atom stereocenters. The highest BCUT2D eigenvalue weighted by atomic mass is 32.2. The Labute approximate surface area is 163 Å². The molecule has 0 saturated heterocycles. The first kappa shape index (κ1) is 20.9. The van der Waals surface area contributed by atoms with Crippen molar-refractivity contribution in [3.63, 3.8) is 0 Å². The molecule has 29 heavy (non-hydrogen) atoms. The molecule has 1 aliphatic rings. The van der Waals surface area contributed by atoms with Gasteiger partial charge in [-0.05, 0) is 37.1 Å². The maximum absolute atomic E-state index is 13.4. The van der Waals surface area contributed by atoms with Crippen LogP contribution in [0.15, 0.2) is 35.4 Å². The average Bonchev–Trinajstić information content (AvgIpc) is 3.29. The summed E-state index contributed by atoms with van der Waals surface area (Å²) in [6.45, 7) is 0. The first-order valence-corrected chi connectivity index (χ1v) is 10.0. The van der Waals surface area contributed by atoms with Crippen LogP contribution in [0.4, 0.5) is 23.2 Å². The van der Waals surface area contributed by atoms with E-state index in [-0.39, 0.29) is 29.8 Å². The number of carbonyl (C=O) groups is 1. The molecule has 6 nitrogen and oxygen atoms in total. The van der Waals surface area contributed by atoms with Gasteiger partial charge in [-0.1, -0.05) is 0 Å². The molecule has 1 aliphatic carbocycles. The van der Waals surface area contributed by atoms with E-state index in [0.717, 1.165) is 24.4 Å². The van der Waals surface area contributed by atoms with Gasteiger partial charge in [0.2, 0.25) is 0 Å². The summed E-state index contributed by atoms with van der Waals surface area (Å²) in [5.41, 5.74) is -2.54. The third-order valence-corrected chi connectivity index (χ3v) is 6.71. The van der Waals surface area contributed by atoms with Gasteiger partial charge in [0.25, 0.3) is 5.91 Å². The van der Waals surface area contributed by atoms with Crippen LogP contribution in [-0.4, -0.2) is 30.8 Å². The van der Waals surface area contributed by atoms with Gasteiger partial charge < -0.3 is 9.88 Å². The highest BCUT2D eigenvalue weighted by Gasteiger charge is 2.64. The third-order valence-electron chi connectivity index (χ3n) is 4.84. The molecule has 0 spiro atoms. The summed E-state index contributed by atoms with van der Waals surface area (Å²) in [4.78, 5) is 12.0. The van der Waals surface area contributed by atoms with Gasteiger partial charge in [-0.15, -0.1) is 0 Å². The highest BCUT2D eigenvalue weighted by Crippen LogP contribution is 2.58. The molecule has 1 aromatic heterocycles. The fourth-order valence-electron chi connectivity index (χ4n) is 2.92. The molecule has 0 bridgehead atoms. The van der Waals surface area contributed by atoms with Gasteiger partial charge >= 0.3 is 6.18 Å². The molecule has 0 radical (unpaired) electrons. The third kappa shape index (κ3) is 3.98. The number of aromatic nitrogens is 1. The fourth-order valence-corrected chi connectivity index (χ4v) is 4.88. The van der Waals surface area contributed by atoms with Crippen LogP contribution in [0.25, 0.3) is 0 Å². The first-order valence-electron chi connectivity index (χ1n) is 8.35. The van der Waals surface area contributed by atoms with Gasteiger partial charge in [0.15, 0.2) is 9.84 Å². The van der Waals surface area contributed by atoms with Crippen molar-refractivity contribution in [3.8, 4) is 6.07 Å². The summed E-state index contributed by atoms with van der Waals surface area (Å²) in [6, 6.07) is 5.92. The van der Waals surface area contributed by atoms with Crippen molar-refractivity contribution in [1.29, 1.82) is 5.26 Å². The molecule has 11 heteroatoms. The molecule has 0 atom stereocenters. The van der Waals surface area contributed by atoms with Gasteiger partial charge in [0.1, 0.15) is 17.6 Å². The standard InChI is InChI=1S/C18H15F4N3O3S/c1-25-9-13(29(27,28)10-17(4-5-17)18(20,21)22)7-15(25)16(26)24-12-2-3-14(19)11(6-12)8-23/h2-3,6-7,9H,4-5,10H2,1H3,(H,24,26). The lowest BCUT2D eigenvalue weighted by molar-refractivity contribution is -0.180.